The highest BCUT2D eigenvalue weighted by molar-refractivity contribution is 5.95. The van der Waals surface area contributed by atoms with E-state index in [9.17, 15) is 4.79 Å². The summed E-state index contributed by atoms with van der Waals surface area (Å²) in [6.07, 6.45) is 3.67. The SMILES string of the molecule is COc1cccc(C(=O)C[n+]2cc[nH]c2C)c1. The lowest BCUT2D eigenvalue weighted by Gasteiger charge is -2.02. The largest absolute Gasteiger partial charge is 0.497 e. The molecule has 0 fully saturated rings. The standard InChI is InChI=1S/C13H14N2O2/c1-10-14-6-7-15(10)9-13(16)11-4-3-5-12(8-11)17-2/h3-8H,9H2,1-2H3/p+1. The third-order valence-electron chi connectivity index (χ3n) is 2.68. The Morgan fingerprint density at radius 2 is 2.29 bits per heavy atom. The fourth-order valence-corrected chi connectivity index (χ4v) is 1.66. The molecule has 2 rings (SSSR count). The number of ketones is 1. The van der Waals surface area contributed by atoms with Crippen LogP contribution in [0.15, 0.2) is 36.7 Å². The minimum Gasteiger partial charge on any atom is -0.497 e. The Labute approximate surface area is 99.9 Å². The predicted molar refractivity (Wildman–Crippen MR) is 63.0 cm³/mol. The fourth-order valence-electron chi connectivity index (χ4n) is 1.66. The number of hydrogen-bond acceptors (Lipinski definition) is 2. The Balaban J connectivity index is 2.17. The van der Waals surface area contributed by atoms with Crippen LogP contribution in [0, 0.1) is 6.92 Å². The Kier molecular flexibility index (Phi) is 3.23. The second kappa shape index (κ2) is 4.82. The van der Waals surface area contributed by atoms with Gasteiger partial charge in [-0.05, 0) is 12.1 Å². The maximum atomic E-state index is 12.0. The minimum atomic E-state index is 0.0663. The van der Waals surface area contributed by atoms with Crippen LogP contribution in [0.3, 0.4) is 0 Å². The summed E-state index contributed by atoms with van der Waals surface area (Å²) in [7, 11) is 1.59. The number of aromatic amines is 1. The summed E-state index contributed by atoms with van der Waals surface area (Å²) in [5, 5.41) is 0. The van der Waals surface area contributed by atoms with E-state index in [1.54, 1.807) is 19.2 Å². The molecule has 1 heterocycles. The van der Waals surface area contributed by atoms with Crippen molar-refractivity contribution < 1.29 is 14.1 Å². The lowest BCUT2D eigenvalue weighted by molar-refractivity contribution is -0.687. The number of rotatable bonds is 4. The molecule has 0 unspecified atom stereocenters. The Morgan fingerprint density at radius 3 is 2.94 bits per heavy atom. The van der Waals surface area contributed by atoms with Crippen LogP contribution in [0.2, 0.25) is 0 Å². The van der Waals surface area contributed by atoms with Gasteiger partial charge in [0.2, 0.25) is 5.78 Å². The van der Waals surface area contributed by atoms with Gasteiger partial charge in [-0.15, -0.1) is 0 Å². The maximum absolute atomic E-state index is 12.0. The first-order chi connectivity index (χ1) is 8.20. The van der Waals surface area contributed by atoms with E-state index in [1.165, 1.54) is 0 Å². The van der Waals surface area contributed by atoms with E-state index in [4.69, 9.17) is 4.74 Å². The molecule has 1 aromatic heterocycles. The Morgan fingerprint density at radius 1 is 1.47 bits per heavy atom. The molecule has 0 aliphatic carbocycles. The van der Waals surface area contributed by atoms with Crippen molar-refractivity contribution in [3.05, 3.63) is 48.0 Å². The monoisotopic (exact) mass is 231 g/mol. The Hall–Kier alpha value is -2.10. The molecule has 1 aromatic carbocycles. The number of methoxy groups -OCH3 is 1. The van der Waals surface area contributed by atoms with Gasteiger partial charge in [0.15, 0.2) is 6.54 Å². The maximum Gasteiger partial charge on any atom is 0.251 e. The van der Waals surface area contributed by atoms with Gasteiger partial charge >= 0.3 is 0 Å². The summed E-state index contributed by atoms with van der Waals surface area (Å²) in [6.45, 7) is 2.27. The zero-order chi connectivity index (χ0) is 12.3. The summed E-state index contributed by atoms with van der Waals surface area (Å²) in [5.41, 5.74) is 0.664. The number of ether oxygens (including phenoxy) is 1. The van der Waals surface area contributed by atoms with E-state index in [2.05, 4.69) is 4.98 Å². The van der Waals surface area contributed by atoms with Crippen LogP contribution in [0.25, 0.3) is 0 Å². The number of carbonyl (C=O) groups excluding carboxylic acids is 1. The molecule has 4 nitrogen and oxygen atoms in total. The summed E-state index contributed by atoms with van der Waals surface area (Å²) < 4.78 is 6.98. The average Bonchev–Trinajstić information content (AvgIpc) is 2.75. The fraction of sp³-hybridized carbons (Fsp3) is 0.231. The zero-order valence-corrected chi connectivity index (χ0v) is 9.93. The van der Waals surface area contributed by atoms with Crippen LogP contribution in [-0.2, 0) is 6.54 Å². The highest BCUT2D eigenvalue weighted by Crippen LogP contribution is 2.12. The van der Waals surface area contributed by atoms with Crippen molar-refractivity contribution in [2.75, 3.05) is 7.11 Å². The average molecular weight is 231 g/mol. The first-order valence-electron chi connectivity index (χ1n) is 5.41. The lowest BCUT2D eigenvalue weighted by atomic mass is 10.1. The highest BCUT2D eigenvalue weighted by atomic mass is 16.5. The van der Waals surface area contributed by atoms with Gasteiger partial charge in [-0.3, -0.25) is 4.79 Å². The van der Waals surface area contributed by atoms with Gasteiger partial charge in [0.1, 0.15) is 18.1 Å². The third-order valence-corrected chi connectivity index (χ3v) is 2.68. The van der Waals surface area contributed by atoms with Crippen LogP contribution in [0.5, 0.6) is 5.75 Å². The van der Waals surface area contributed by atoms with E-state index in [1.807, 2.05) is 36.0 Å². The molecular weight excluding hydrogens is 216 g/mol. The number of nitrogens with one attached hydrogen (secondary N) is 1. The molecule has 0 saturated heterocycles. The van der Waals surface area contributed by atoms with Gasteiger partial charge in [-0.1, -0.05) is 12.1 Å². The molecule has 0 spiro atoms. The Bertz CT molecular complexity index is 532. The zero-order valence-electron chi connectivity index (χ0n) is 9.93. The van der Waals surface area contributed by atoms with Gasteiger partial charge < -0.3 is 4.74 Å². The molecule has 0 aliphatic heterocycles. The van der Waals surface area contributed by atoms with E-state index >= 15 is 0 Å². The van der Waals surface area contributed by atoms with Crippen LogP contribution >= 0.6 is 0 Å². The summed E-state index contributed by atoms with van der Waals surface area (Å²) in [5.74, 6) is 1.73. The normalized spacial score (nSPS) is 10.2. The van der Waals surface area contributed by atoms with E-state index in [0.717, 1.165) is 5.82 Å². The van der Waals surface area contributed by atoms with Crippen LogP contribution in [0.4, 0.5) is 0 Å². The van der Waals surface area contributed by atoms with Crippen molar-refractivity contribution in [3.63, 3.8) is 0 Å². The van der Waals surface area contributed by atoms with Crippen LogP contribution in [-0.4, -0.2) is 17.9 Å². The molecule has 0 bridgehead atoms. The molecule has 17 heavy (non-hydrogen) atoms. The number of H-pyrrole nitrogens is 1. The number of benzene rings is 1. The second-order valence-corrected chi connectivity index (χ2v) is 3.83. The van der Waals surface area contributed by atoms with E-state index in [0.29, 0.717) is 17.9 Å². The topological polar surface area (TPSA) is 46.0 Å². The molecular formula is C13H15N2O2+. The minimum absolute atomic E-state index is 0.0663. The summed E-state index contributed by atoms with van der Waals surface area (Å²) in [4.78, 5) is 15.1. The van der Waals surface area contributed by atoms with E-state index in [-0.39, 0.29) is 5.78 Å². The van der Waals surface area contributed by atoms with Gasteiger partial charge in [0, 0.05) is 12.5 Å². The lowest BCUT2D eigenvalue weighted by Crippen LogP contribution is -2.38. The number of imidazole rings is 1. The van der Waals surface area contributed by atoms with Crippen molar-refractivity contribution in [3.8, 4) is 5.75 Å². The number of Topliss-reactive ketones (excluding diaryl/α,β-unsaturated/α-hetero) is 1. The molecule has 0 radical (unpaired) electrons. The van der Waals surface area contributed by atoms with Gasteiger partial charge in [0.05, 0.1) is 7.11 Å². The first-order valence-corrected chi connectivity index (χ1v) is 5.41. The molecule has 0 atom stereocenters. The predicted octanol–water partition coefficient (Wildman–Crippen LogP) is 1.50. The van der Waals surface area contributed by atoms with Crippen molar-refractivity contribution in [1.82, 2.24) is 4.98 Å². The van der Waals surface area contributed by atoms with Crippen LogP contribution < -0.4 is 9.30 Å². The van der Waals surface area contributed by atoms with Crippen LogP contribution in [0.1, 0.15) is 16.2 Å². The van der Waals surface area contributed by atoms with Gasteiger partial charge in [-0.25, -0.2) is 9.55 Å². The van der Waals surface area contributed by atoms with Crippen molar-refractivity contribution in [2.24, 2.45) is 0 Å². The first kappa shape index (κ1) is 11.4. The number of nitrogens with zero attached hydrogens (tertiary/aromatic N) is 1. The van der Waals surface area contributed by atoms with Crippen molar-refractivity contribution in [1.29, 1.82) is 0 Å². The summed E-state index contributed by atoms with van der Waals surface area (Å²) in [6, 6.07) is 7.20. The molecule has 4 heteroatoms. The number of aryl methyl sites for hydroxylation is 1. The smallest absolute Gasteiger partial charge is 0.251 e. The van der Waals surface area contributed by atoms with Gasteiger partial charge in [0.25, 0.3) is 5.82 Å². The third kappa shape index (κ3) is 2.53. The second-order valence-electron chi connectivity index (χ2n) is 3.83. The molecule has 1 N–H and O–H groups in total. The number of carbonyl (C=O) groups is 1. The molecule has 0 saturated carbocycles. The highest BCUT2D eigenvalue weighted by Gasteiger charge is 2.13. The molecule has 88 valence electrons. The van der Waals surface area contributed by atoms with Gasteiger partial charge in [-0.2, -0.15) is 0 Å². The summed E-state index contributed by atoms with van der Waals surface area (Å²) >= 11 is 0. The van der Waals surface area contributed by atoms with E-state index < -0.39 is 0 Å². The number of hydrogen-bond donors (Lipinski definition) is 1. The molecule has 2 aromatic rings. The number of aromatic nitrogens is 2. The van der Waals surface area contributed by atoms with Crippen molar-refractivity contribution >= 4 is 5.78 Å². The van der Waals surface area contributed by atoms with Crippen molar-refractivity contribution in [2.45, 2.75) is 13.5 Å². The quantitative estimate of drug-likeness (QED) is 0.640. The molecule has 0 amide bonds. The molecule has 0 aliphatic rings.